The van der Waals surface area contributed by atoms with Crippen molar-refractivity contribution < 1.29 is 0 Å². The summed E-state index contributed by atoms with van der Waals surface area (Å²) >= 11 is 0. The molecule has 2 aliphatic rings. The average molecular weight is 387 g/mol. The molecule has 0 radical (unpaired) electrons. The van der Waals surface area contributed by atoms with E-state index in [4.69, 9.17) is 21.4 Å². The van der Waals surface area contributed by atoms with Crippen molar-refractivity contribution >= 4 is 23.1 Å². The minimum Gasteiger partial charge on any atom is -0.356 e. The second-order valence-electron chi connectivity index (χ2n) is 8.32. The van der Waals surface area contributed by atoms with Crippen LogP contribution in [0.1, 0.15) is 70.3 Å². The number of hydrogen-bond acceptors (Lipinski definition) is 7. The van der Waals surface area contributed by atoms with Crippen LogP contribution >= 0.6 is 0 Å². The number of imidazole rings is 1. The largest absolute Gasteiger partial charge is 0.356 e. The molecule has 2 aromatic heterocycles. The first-order valence-electron chi connectivity index (χ1n) is 11.0. The van der Waals surface area contributed by atoms with Gasteiger partial charge in [-0.05, 0) is 57.9 Å². The maximum absolute atomic E-state index is 6.03. The summed E-state index contributed by atoms with van der Waals surface area (Å²) in [5, 5.41) is 7.04. The molecule has 0 amide bonds. The number of aromatic nitrogens is 4. The Morgan fingerprint density at radius 1 is 1.04 bits per heavy atom. The molecule has 0 saturated heterocycles. The Balaban J connectivity index is 1.56. The summed E-state index contributed by atoms with van der Waals surface area (Å²) in [4.78, 5) is 14.2. The van der Waals surface area contributed by atoms with E-state index in [-0.39, 0.29) is 0 Å². The summed E-state index contributed by atoms with van der Waals surface area (Å²) in [6.45, 7) is 1.61. The van der Waals surface area contributed by atoms with Crippen molar-refractivity contribution in [2.24, 2.45) is 11.5 Å². The molecule has 8 heteroatoms. The van der Waals surface area contributed by atoms with Crippen molar-refractivity contribution in [2.75, 3.05) is 23.7 Å². The van der Waals surface area contributed by atoms with Gasteiger partial charge in [0, 0.05) is 24.7 Å². The van der Waals surface area contributed by atoms with Crippen LogP contribution in [0.2, 0.25) is 0 Å². The summed E-state index contributed by atoms with van der Waals surface area (Å²) in [7, 11) is 0. The summed E-state index contributed by atoms with van der Waals surface area (Å²) < 4.78 is 2.31. The molecule has 8 nitrogen and oxygen atoms in total. The highest BCUT2D eigenvalue weighted by atomic mass is 15.3. The van der Waals surface area contributed by atoms with E-state index in [1.165, 1.54) is 25.7 Å². The van der Waals surface area contributed by atoms with Gasteiger partial charge >= 0.3 is 0 Å². The van der Waals surface area contributed by atoms with E-state index in [2.05, 4.69) is 20.2 Å². The number of rotatable bonds is 8. The third kappa shape index (κ3) is 4.38. The second kappa shape index (κ2) is 9.05. The van der Waals surface area contributed by atoms with Gasteiger partial charge < -0.3 is 22.1 Å². The first kappa shape index (κ1) is 19.4. The Hall–Kier alpha value is -1.93. The minimum atomic E-state index is 0.346. The molecule has 0 bridgehead atoms. The molecule has 4 rings (SSSR count). The van der Waals surface area contributed by atoms with Crippen LogP contribution in [-0.4, -0.2) is 44.7 Å². The molecule has 0 atom stereocenters. The summed E-state index contributed by atoms with van der Waals surface area (Å²) in [6.07, 6.45) is 13.2. The zero-order valence-corrected chi connectivity index (χ0v) is 16.7. The molecule has 2 saturated carbocycles. The van der Waals surface area contributed by atoms with Crippen molar-refractivity contribution in [1.29, 1.82) is 0 Å². The van der Waals surface area contributed by atoms with Crippen LogP contribution in [0.4, 0.5) is 11.9 Å². The van der Waals surface area contributed by atoms with E-state index < -0.39 is 0 Å². The Labute approximate surface area is 166 Å². The number of nitrogens with zero attached hydrogens (tertiary/aromatic N) is 4. The standard InChI is InChI=1S/C20H34N8/c21-11-3-4-12-23-20-26-17-13-24-19(25-15-9-7-14(22)8-10-15)27-18(17)28(20)16-5-1-2-6-16/h13-16H,1-12,21-22H2,(H,23,26)(H,24,25,27). The Morgan fingerprint density at radius 3 is 2.57 bits per heavy atom. The Morgan fingerprint density at radius 2 is 1.82 bits per heavy atom. The summed E-state index contributed by atoms with van der Waals surface area (Å²) in [5.41, 5.74) is 13.5. The molecule has 2 heterocycles. The number of anilines is 2. The predicted molar refractivity (Wildman–Crippen MR) is 113 cm³/mol. The average Bonchev–Trinajstić information content (AvgIpc) is 3.34. The summed E-state index contributed by atoms with van der Waals surface area (Å²) in [6, 6.07) is 1.23. The molecular formula is C20H34N8. The first-order chi connectivity index (χ1) is 13.7. The van der Waals surface area contributed by atoms with E-state index in [1.54, 1.807) is 0 Å². The van der Waals surface area contributed by atoms with Gasteiger partial charge in [0.25, 0.3) is 0 Å². The van der Waals surface area contributed by atoms with Gasteiger partial charge in [-0.3, -0.25) is 4.57 Å². The third-order valence-corrected chi connectivity index (χ3v) is 6.14. The van der Waals surface area contributed by atoms with Gasteiger partial charge in [0.05, 0.1) is 6.20 Å². The SMILES string of the molecule is NCCCCNc1nc2cnc(NC3CCC(N)CC3)nc2n1C1CCCC1. The van der Waals surface area contributed by atoms with Crippen LogP contribution in [0, 0.1) is 0 Å². The van der Waals surface area contributed by atoms with E-state index in [9.17, 15) is 0 Å². The highest BCUT2D eigenvalue weighted by molar-refractivity contribution is 5.75. The molecule has 0 aliphatic heterocycles. The maximum Gasteiger partial charge on any atom is 0.224 e. The smallest absolute Gasteiger partial charge is 0.224 e. The van der Waals surface area contributed by atoms with E-state index >= 15 is 0 Å². The first-order valence-corrected chi connectivity index (χ1v) is 11.0. The van der Waals surface area contributed by atoms with Gasteiger partial charge in [-0.2, -0.15) is 4.98 Å². The number of nitrogens with one attached hydrogen (secondary N) is 2. The number of nitrogens with two attached hydrogens (primary N) is 2. The Kier molecular flexibility index (Phi) is 6.26. The van der Waals surface area contributed by atoms with Crippen molar-refractivity contribution in [2.45, 2.75) is 82.3 Å². The lowest BCUT2D eigenvalue weighted by molar-refractivity contribution is 0.410. The maximum atomic E-state index is 6.03. The lowest BCUT2D eigenvalue weighted by atomic mass is 9.92. The van der Waals surface area contributed by atoms with Gasteiger partial charge in [-0.1, -0.05) is 12.8 Å². The molecule has 0 spiro atoms. The monoisotopic (exact) mass is 386 g/mol. The fraction of sp³-hybridized carbons (Fsp3) is 0.750. The fourth-order valence-corrected chi connectivity index (χ4v) is 4.51. The Bertz CT molecular complexity index is 759. The van der Waals surface area contributed by atoms with Crippen molar-refractivity contribution in [3.63, 3.8) is 0 Å². The number of unbranched alkanes of at least 4 members (excludes halogenated alkanes) is 1. The highest BCUT2D eigenvalue weighted by Crippen LogP contribution is 2.35. The quantitative estimate of drug-likeness (QED) is 0.515. The molecule has 2 aliphatic carbocycles. The van der Waals surface area contributed by atoms with Crippen molar-refractivity contribution in [1.82, 2.24) is 19.5 Å². The topological polar surface area (TPSA) is 120 Å². The highest BCUT2D eigenvalue weighted by Gasteiger charge is 2.25. The zero-order chi connectivity index (χ0) is 19.3. The fourth-order valence-electron chi connectivity index (χ4n) is 4.51. The van der Waals surface area contributed by atoms with Crippen LogP contribution in [0.3, 0.4) is 0 Å². The van der Waals surface area contributed by atoms with Crippen molar-refractivity contribution in [3.05, 3.63) is 6.20 Å². The van der Waals surface area contributed by atoms with Crippen LogP contribution < -0.4 is 22.1 Å². The van der Waals surface area contributed by atoms with Crippen LogP contribution in [0.25, 0.3) is 11.2 Å². The number of fused-ring (bicyclic) bond motifs is 1. The van der Waals surface area contributed by atoms with E-state index in [1.807, 2.05) is 6.20 Å². The summed E-state index contributed by atoms with van der Waals surface area (Å²) in [5.74, 6) is 1.64. The van der Waals surface area contributed by atoms with Gasteiger partial charge in [0.1, 0.15) is 5.52 Å². The van der Waals surface area contributed by atoms with Gasteiger partial charge in [0.15, 0.2) is 5.65 Å². The minimum absolute atomic E-state index is 0.346. The molecule has 0 aromatic carbocycles. The zero-order valence-electron chi connectivity index (χ0n) is 16.7. The van der Waals surface area contributed by atoms with Gasteiger partial charge in [0.2, 0.25) is 11.9 Å². The molecule has 28 heavy (non-hydrogen) atoms. The van der Waals surface area contributed by atoms with E-state index in [0.29, 0.717) is 24.1 Å². The lowest BCUT2D eigenvalue weighted by Crippen LogP contribution is -2.33. The molecule has 2 aromatic rings. The number of hydrogen-bond donors (Lipinski definition) is 4. The van der Waals surface area contributed by atoms with E-state index in [0.717, 1.165) is 68.7 Å². The van der Waals surface area contributed by atoms with Gasteiger partial charge in [-0.15, -0.1) is 0 Å². The van der Waals surface area contributed by atoms with Crippen molar-refractivity contribution in [3.8, 4) is 0 Å². The molecule has 2 fully saturated rings. The normalized spacial score (nSPS) is 23.4. The predicted octanol–water partition coefficient (Wildman–Crippen LogP) is 2.77. The molecule has 0 unspecified atom stereocenters. The van der Waals surface area contributed by atoms with Crippen LogP contribution in [0.5, 0.6) is 0 Å². The third-order valence-electron chi connectivity index (χ3n) is 6.14. The second-order valence-corrected chi connectivity index (χ2v) is 8.32. The molecule has 154 valence electrons. The molecular weight excluding hydrogens is 352 g/mol. The van der Waals surface area contributed by atoms with Crippen LogP contribution in [-0.2, 0) is 0 Å². The van der Waals surface area contributed by atoms with Crippen LogP contribution in [0.15, 0.2) is 6.20 Å². The molecule has 6 N–H and O–H groups in total. The van der Waals surface area contributed by atoms with Gasteiger partial charge in [-0.25, -0.2) is 9.97 Å². The lowest BCUT2D eigenvalue weighted by Gasteiger charge is -2.26.